The first-order chi connectivity index (χ1) is 9.90. The van der Waals surface area contributed by atoms with Gasteiger partial charge in [-0.2, -0.15) is 0 Å². The Labute approximate surface area is 133 Å². The molecule has 0 radical (unpaired) electrons. The van der Waals surface area contributed by atoms with Gasteiger partial charge in [0, 0.05) is 19.8 Å². The first-order valence-corrected chi connectivity index (χ1v) is 6.98. The zero-order valence-corrected chi connectivity index (χ0v) is 13.2. The lowest BCUT2D eigenvalue weighted by Gasteiger charge is -2.18. The second kappa shape index (κ2) is 6.24. The van der Waals surface area contributed by atoms with Gasteiger partial charge in [-0.25, -0.2) is 0 Å². The minimum Gasteiger partial charge on any atom is -0.399 e. The molecule has 2 aromatic rings. The highest BCUT2D eigenvalue weighted by Crippen LogP contribution is 2.30. The largest absolute Gasteiger partial charge is 0.399 e. The van der Waals surface area contributed by atoms with Gasteiger partial charge < -0.3 is 16.0 Å². The molecular formula is C15H15Cl2N3O. The quantitative estimate of drug-likeness (QED) is 0.842. The fourth-order valence-electron chi connectivity index (χ4n) is 1.93. The van der Waals surface area contributed by atoms with Gasteiger partial charge in [-0.1, -0.05) is 35.3 Å². The average molecular weight is 324 g/mol. The van der Waals surface area contributed by atoms with Gasteiger partial charge in [-0.15, -0.1) is 0 Å². The molecular weight excluding hydrogens is 309 g/mol. The fourth-order valence-corrected chi connectivity index (χ4v) is 2.36. The fraction of sp³-hybridized carbons (Fsp3) is 0.133. The van der Waals surface area contributed by atoms with Crippen LogP contribution in [0.25, 0.3) is 0 Å². The van der Waals surface area contributed by atoms with Crippen LogP contribution in [0.1, 0.15) is 10.4 Å². The number of carbonyl (C=O) groups excluding carboxylic acids is 1. The molecule has 6 heteroatoms. The molecule has 0 spiro atoms. The van der Waals surface area contributed by atoms with Crippen molar-refractivity contribution in [1.29, 1.82) is 0 Å². The number of hydrogen-bond acceptors (Lipinski definition) is 3. The molecule has 1 amide bonds. The van der Waals surface area contributed by atoms with E-state index in [1.807, 2.05) is 43.3 Å². The van der Waals surface area contributed by atoms with Crippen molar-refractivity contribution in [1.82, 2.24) is 0 Å². The number of nitrogens with two attached hydrogens (primary N) is 1. The van der Waals surface area contributed by atoms with Crippen LogP contribution in [0.15, 0.2) is 36.4 Å². The highest BCUT2D eigenvalue weighted by Gasteiger charge is 2.16. The third-order valence-electron chi connectivity index (χ3n) is 2.93. The minimum absolute atomic E-state index is 0.186. The molecule has 2 aromatic carbocycles. The molecule has 0 aliphatic carbocycles. The van der Waals surface area contributed by atoms with E-state index < -0.39 is 0 Å². The van der Waals surface area contributed by atoms with Gasteiger partial charge in [0.1, 0.15) is 0 Å². The Kier molecular flexibility index (Phi) is 4.60. The molecule has 0 saturated carbocycles. The summed E-state index contributed by atoms with van der Waals surface area (Å²) in [5.41, 5.74) is 7.91. The molecule has 0 saturated heterocycles. The average Bonchev–Trinajstić information content (AvgIpc) is 2.43. The van der Waals surface area contributed by atoms with Crippen LogP contribution in [0.2, 0.25) is 10.0 Å². The molecule has 0 bridgehead atoms. The van der Waals surface area contributed by atoms with E-state index in [0.717, 1.165) is 5.69 Å². The summed E-state index contributed by atoms with van der Waals surface area (Å²) in [7, 11) is 3.80. The van der Waals surface area contributed by atoms with Gasteiger partial charge >= 0.3 is 0 Å². The van der Waals surface area contributed by atoms with Crippen molar-refractivity contribution in [2.45, 2.75) is 0 Å². The molecule has 0 aliphatic rings. The van der Waals surface area contributed by atoms with E-state index in [2.05, 4.69) is 5.32 Å². The summed E-state index contributed by atoms with van der Waals surface area (Å²) in [5, 5.41) is 3.26. The lowest BCUT2D eigenvalue weighted by atomic mass is 10.1. The number of amides is 1. The summed E-state index contributed by atoms with van der Waals surface area (Å²) < 4.78 is 0. The Balaban J connectivity index is 2.35. The molecule has 3 N–H and O–H groups in total. The summed E-state index contributed by atoms with van der Waals surface area (Å²) in [6.07, 6.45) is 0. The van der Waals surface area contributed by atoms with E-state index in [9.17, 15) is 4.79 Å². The van der Waals surface area contributed by atoms with E-state index in [4.69, 9.17) is 28.9 Å². The maximum atomic E-state index is 12.4. The van der Waals surface area contributed by atoms with Crippen LogP contribution in [0.4, 0.5) is 17.1 Å². The molecule has 21 heavy (non-hydrogen) atoms. The summed E-state index contributed by atoms with van der Waals surface area (Å²) in [5.74, 6) is -0.358. The number of benzene rings is 2. The molecule has 0 fully saturated rings. The molecule has 4 nitrogen and oxygen atoms in total. The molecule has 0 atom stereocenters. The highest BCUT2D eigenvalue weighted by atomic mass is 35.5. The predicted octanol–water partition coefficient (Wildman–Crippen LogP) is 3.89. The highest BCUT2D eigenvalue weighted by molar-refractivity contribution is 6.44. The van der Waals surface area contributed by atoms with Crippen LogP contribution in [-0.2, 0) is 0 Å². The van der Waals surface area contributed by atoms with Gasteiger partial charge in [0.2, 0.25) is 0 Å². The number of anilines is 3. The van der Waals surface area contributed by atoms with Gasteiger partial charge in [-0.3, -0.25) is 4.79 Å². The number of nitrogens with zero attached hydrogens (tertiary/aromatic N) is 1. The zero-order chi connectivity index (χ0) is 15.6. The summed E-state index contributed by atoms with van der Waals surface area (Å²) >= 11 is 12.0. The lowest BCUT2D eigenvalue weighted by Crippen LogP contribution is -2.17. The number of carbonyl (C=O) groups is 1. The third kappa shape index (κ3) is 3.40. The first kappa shape index (κ1) is 15.5. The van der Waals surface area contributed by atoms with Crippen molar-refractivity contribution < 1.29 is 4.79 Å². The molecule has 0 aromatic heterocycles. The second-order valence-electron chi connectivity index (χ2n) is 4.73. The van der Waals surface area contributed by atoms with E-state index in [0.29, 0.717) is 11.4 Å². The smallest absolute Gasteiger partial charge is 0.257 e. The predicted molar refractivity (Wildman–Crippen MR) is 89.6 cm³/mol. The van der Waals surface area contributed by atoms with Gasteiger partial charge in [0.15, 0.2) is 0 Å². The van der Waals surface area contributed by atoms with Gasteiger partial charge in [0.05, 0.1) is 27.0 Å². The second-order valence-corrected chi connectivity index (χ2v) is 5.52. The number of hydrogen-bond donors (Lipinski definition) is 2. The standard InChI is InChI=1S/C15H15Cl2N3O/c1-20(2)13-6-4-3-5-12(13)19-15(21)10-7-9(18)8-11(16)14(10)17/h3-8H,18H2,1-2H3,(H,19,21). The molecule has 2 rings (SSSR count). The normalized spacial score (nSPS) is 10.3. The SMILES string of the molecule is CN(C)c1ccccc1NC(=O)c1cc(N)cc(Cl)c1Cl. The van der Waals surface area contributed by atoms with Crippen LogP contribution in [0.5, 0.6) is 0 Å². The zero-order valence-electron chi connectivity index (χ0n) is 11.7. The van der Waals surface area contributed by atoms with E-state index in [-0.39, 0.29) is 21.5 Å². The maximum absolute atomic E-state index is 12.4. The molecule has 110 valence electrons. The Bertz CT molecular complexity index is 687. The Morgan fingerprint density at radius 1 is 1.19 bits per heavy atom. The van der Waals surface area contributed by atoms with Crippen LogP contribution >= 0.6 is 23.2 Å². The summed E-state index contributed by atoms with van der Waals surface area (Å²) in [6.45, 7) is 0. The van der Waals surface area contributed by atoms with Crippen molar-refractivity contribution >= 4 is 46.2 Å². The van der Waals surface area contributed by atoms with E-state index in [1.54, 1.807) is 0 Å². The van der Waals surface area contributed by atoms with Crippen molar-refractivity contribution in [3.63, 3.8) is 0 Å². The lowest BCUT2D eigenvalue weighted by molar-refractivity contribution is 0.102. The summed E-state index contributed by atoms with van der Waals surface area (Å²) in [6, 6.07) is 10.5. The number of nitrogens with one attached hydrogen (secondary N) is 1. The Morgan fingerprint density at radius 3 is 2.52 bits per heavy atom. The minimum atomic E-state index is -0.358. The van der Waals surface area contributed by atoms with Crippen molar-refractivity contribution in [3.05, 3.63) is 52.0 Å². The molecule has 0 heterocycles. The van der Waals surface area contributed by atoms with E-state index in [1.165, 1.54) is 12.1 Å². The van der Waals surface area contributed by atoms with Crippen LogP contribution in [0.3, 0.4) is 0 Å². The van der Waals surface area contributed by atoms with Crippen molar-refractivity contribution in [2.75, 3.05) is 30.0 Å². The topological polar surface area (TPSA) is 58.4 Å². The number of rotatable bonds is 3. The maximum Gasteiger partial charge on any atom is 0.257 e. The number of para-hydroxylation sites is 2. The molecule has 0 aliphatic heterocycles. The van der Waals surface area contributed by atoms with Gasteiger partial charge in [-0.05, 0) is 24.3 Å². The number of halogens is 2. The van der Waals surface area contributed by atoms with Gasteiger partial charge in [0.25, 0.3) is 5.91 Å². The third-order valence-corrected chi connectivity index (χ3v) is 3.73. The monoisotopic (exact) mass is 323 g/mol. The van der Waals surface area contributed by atoms with Crippen LogP contribution in [-0.4, -0.2) is 20.0 Å². The van der Waals surface area contributed by atoms with Crippen molar-refractivity contribution in [2.24, 2.45) is 0 Å². The van der Waals surface area contributed by atoms with Crippen LogP contribution < -0.4 is 16.0 Å². The Morgan fingerprint density at radius 2 is 1.86 bits per heavy atom. The Hall–Kier alpha value is -1.91. The first-order valence-electron chi connectivity index (χ1n) is 6.22. The van der Waals surface area contributed by atoms with Crippen LogP contribution in [0, 0.1) is 0 Å². The molecule has 0 unspecified atom stereocenters. The summed E-state index contributed by atoms with van der Waals surface area (Å²) in [4.78, 5) is 14.3. The van der Waals surface area contributed by atoms with E-state index >= 15 is 0 Å². The number of nitrogen functional groups attached to an aromatic ring is 1. The van der Waals surface area contributed by atoms with Crippen molar-refractivity contribution in [3.8, 4) is 0 Å².